The molecule has 1 N–H and O–H groups in total. The molecule has 4 aromatic heterocycles. The molecule has 6 rings (SSSR count). The maximum absolute atomic E-state index is 11.8. The van der Waals surface area contributed by atoms with Crippen molar-refractivity contribution in [2.45, 2.75) is 204 Å². The van der Waals surface area contributed by atoms with Gasteiger partial charge in [-0.3, -0.25) is 24.0 Å². The molecular weight excluding hydrogens is 1130 g/mol. The van der Waals surface area contributed by atoms with E-state index in [1.165, 1.54) is 0 Å². The van der Waals surface area contributed by atoms with Gasteiger partial charge < -0.3 is 24.3 Å². The monoisotopic (exact) mass is 1240 g/mol. The number of ether oxygens (including phenoxy) is 4. The number of rotatable bonds is 27. The van der Waals surface area contributed by atoms with E-state index in [1.54, 1.807) is 44.7 Å². The quantitative estimate of drug-likeness (QED) is 0.0371. The summed E-state index contributed by atoms with van der Waals surface area (Å²) >= 11 is 0. The predicted octanol–water partition coefficient (Wildman–Crippen LogP) is 12.3. The van der Waals surface area contributed by atoms with Gasteiger partial charge in [0.05, 0.1) is 73.4 Å². The standard InChI is InChI=1S/C14H18N4O.C13H23N3O2.C13H17N3O.C11H19N3O.2C6H12O2.2C2H6/c1-11(2)8-13-9-18(17-16-13)10-15-14(19)12-6-4-3-5-7-12;1-10(2)7-12-8-16(15-14-12)5-6-18-9-13(17)11(3)4;1-11(2)8-12-9-16(15-14-12)10-17-13-6-4-3-5-7-13;1-8(2)5-10-6-14(13-12-10)7-11(15)9(3)4;2*1-4-8-6(7)5(2)3;2*1-2/h3-7,9,11H,8,10H2,1-2H3,(H,15,19);8,10-11H,5-7,9H2,1-4H3;3-7,9,11H,8,10H2,1-2H3;6,8-9H,5,7H2,1-4H3;2*5H,4H2,1-3H3;2*1-2H3. The van der Waals surface area contributed by atoms with Crippen LogP contribution in [-0.4, -0.2) is 116 Å². The van der Waals surface area contributed by atoms with Crippen molar-refractivity contribution >= 4 is 29.4 Å². The Labute approximate surface area is 533 Å². The van der Waals surface area contributed by atoms with Gasteiger partial charge in [0.2, 0.25) is 0 Å². The first-order valence-corrected chi connectivity index (χ1v) is 31.8. The van der Waals surface area contributed by atoms with Gasteiger partial charge in [0.25, 0.3) is 5.91 Å². The van der Waals surface area contributed by atoms with Crippen molar-refractivity contribution in [2.24, 2.45) is 47.3 Å². The van der Waals surface area contributed by atoms with Crippen LogP contribution in [0.3, 0.4) is 0 Å². The lowest BCUT2D eigenvalue weighted by atomic mass is 10.1. The van der Waals surface area contributed by atoms with Gasteiger partial charge >= 0.3 is 11.9 Å². The highest BCUT2D eigenvalue weighted by atomic mass is 16.5. The molecule has 0 aliphatic heterocycles. The number of carbonyl (C=O) groups is 5. The van der Waals surface area contributed by atoms with E-state index in [0.29, 0.717) is 75.5 Å². The molecule has 22 nitrogen and oxygen atoms in total. The van der Waals surface area contributed by atoms with E-state index >= 15 is 0 Å². The van der Waals surface area contributed by atoms with Crippen molar-refractivity contribution in [3.63, 3.8) is 0 Å². The Bertz CT molecular complexity index is 2710. The Kier molecular flexibility index (Phi) is 47.3. The van der Waals surface area contributed by atoms with E-state index in [1.807, 2.05) is 156 Å². The van der Waals surface area contributed by atoms with Crippen molar-refractivity contribution in [3.8, 4) is 5.75 Å². The number of hydrogen-bond acceptors (Lipinski definition) is 17. The summed E-state index contributed by atoms with van der Waals surface area (Å²) < 4.78 is 26.9. The predicted molar refractivity (Wildman–Crippen MR) is 351 cm³/mol. The van der Waals surface area contributed by atoms with E-state index in [2.05, 4.69) is 111 Å². The second kappa shape index (κ2) is 50.4. The van der Waals surface area contributed by atoms with Gasteiger partial charge in [-0.05, 0) is 87.5 Å². The summed E-state index contributed by atoms with van der Waals surface area (Å²) in [7, 11) is 0. The first-order valence-electron chi connectivity index (χ1n) is 31.8. The summed E-state index contributed by atoms with van der Waals surface area (Å²) in [6.45, 7) is 47.0. The molecule has 2 aromatic carbocycles. The number of hydrogen-bond donors (Lipinski definition) is 1. The molecule has 500 valence electrons. The van der Waals surface area contributed by atoms with E-state index in [9.17, 15) is 24.0 Å². The topological polar surface area (TPSA) is 257 Å². The Morgan fingerprint density at radius 3 is 1.22 bits per heavy atom. The second-order valence-electron chi connectivity index (χ2n) is 23.0. The number of aromatic nitrogens is 12. The molecule has 0 unspecified atom stereocenters. The number of carbonyl (C=O) groups excluding carboxylic acids is 5. The van der Waals surface area contributed by atoms with E-state index < -0.39 is 0 Å². The highest BCUT2D eigenvalue weighted by molar-refractivity contribution is 5.93. The molecule has 4 heterocycles. The van der Waals surface area contributed by atoms with Gasteiger partial charge in [0, 0.05) is 29.8 Å². The minimum atomic E-state index is -0.118. The average Bonchev–Trinajstić information content (AvgIpc) is 3.78. The normalized spacial score (nSPS) is 10.4. The van der Waals surface area contributed by atoms with E-state index in [-0.39, 0.29) is 59.7 Å². The number of nitrogens with one attached hydrogen (secondary N) is 1. The fraction of sp³-hybridized carbons (Fsp3) is 0.627. The van der Waals surface area contributed by atoms with Gasteiger partial charge in [-0.25, -0.2) is 18.7 Å². The molecule has 0 fully saturated rings. The fourth-order valence-electron chi connectivity index (χ4n) is 6.69. The zero-order chi connectivity index (χ0) is 67.9. The maximum Gasteiger partial charge on any atom is 0.308 e. The molecule has 6 aromatic rings. The number of amides is 1. The number of esters is 2. The van der Waals surface area contributed by atoms with Crippen LogP contribution in [0.2, 0.25) is 0 Å². The molecule has 0 atom stereocenters. The zero-order valence-corrected chi connectivity index (χ0v) is 58.2. The summed E-state index contributed by atoms with van der Waals surface area (Å²) in [6, 6.07) is 18.8. The number of Topliss-reactive ketones (excluding diaryl/α,β-unsaturated/α-hetero) is 2. The fourth-order valence-corrected chi connectivity index (χ4v) is 6.69. The van der Waals surface area contributed by atoms with Crippen LogP contribution in [0, 0.1) is 47.3 Å². The lowest BCUT2D eigenvalue weighted by Gasteiger charge is -2.05. The van der Waals surface area contributed by atoms with Gasteiger partial charge in [-0.1, -0.05) is 196 Å². The molecule has 0 bridgehead atoms. The molecule has 22 heteroatoms. The number of benzene rings is 2. The van der Waals surface area contributed by atoms with Gasteiger partial charge in [0.15, 0.2) is 18.3 Å². The van der Waals surface area contributed by atoms with Crippen LogP contribution in [0.25, 0.3) is 0 Å². The minimum Gasteiger partial charge on any atom is -0.471 e. The Balaban J connectivity index is 0. The molecule has 0 spiro atoms. The third-order valence-corrected chi connectivity index (χ3v) is 11.2. The van der Waals surface area contributed by atoms with Crippen LogP contribution in [0.15, 0.2) is 85.5 Å². The second-order valence-corrected chi connectivity index (χ2v) is 23.0. The maximum atomic E-state index is 11.8. The molecule has 0 aliphatic carbocycles. The zero-order valence-electron chi connectivity index (χ0n) is 58.2. The third-order valence-electron chi connectivity index (χ3n) is 11.2. The molecule has 0 saturated heterocycles. The first kappa shape index (κ1) is 83.6. The summed E-state index contributed by atoms with van der Waals surface area (Å²) in [6.07, 6.45) is 11.3. The SMILES string of the molecule is CC.CC.CC(C)Cc1cn(CC(=O)C(C)C)nn1.CC(C)Cc1cn(CCOCC(=O)C(C)C)nn1.CC(C)Cc1cn(CNC(=O)c2ccccc2)nn1.CC(C)Cc1cn(COc2ccccc2)nn1.CCOC(=O)C(C)C.CCOC(=O)C(C)C. The van der Waals surface area contributed by atoms with Gasteiger partial charge in [0.1, 0.15) is 25.6 Å². The van der Waals surface area contributed by atoms with Crippen LogP contribution in [0.5, 0.6) is 5.75 Å². The van der Waals surface area contributed by atoms with E-state index in [0.717, 1.165) is 54.2 Å². The summed E-state index contributed by atoms with van der Waals surface area (Å²) in [5.41, 5.74) is 4.57. The lowest BCUT2D eigenvalue weighted by molar-refractivity contribution is -0.147. The first-order chi connectivity index (χ1) is 42.2. The van der Waals surface area contributed by atoms with Crippen molar-refractivity contribution in [1.82, 2.24) is 65.3 Å². The summed E-state index contributed by atoms with van der Waals surface area (Å²) in [5.74, 6) is 3.21. The van der Waals surface area contributed by atoms with Crippen molar-refractivity contribution in [1.29, 1.82) is 0 Å². The molecule has 0 aliphatic rings. The summed E-state index contributed by atoms with van der Waals surface area (Å²) in [4.78, 5) is 55.6. The Morgan fingerprint density at radius 2 is 0.831 bits per heavy atom. The Hall–Kier alpha value is -7.49. The molecule has 89 heavy (non-hydrogen) atoms. The highest BCUT2D eigenvalue weighted by Crippen LogP contribution is 2.11. The van der Waals surface area contributed by atoms with Crippen LogP contribution < -0.4 is 10.1 Å². The van der Waals surface area contributed by atoms with Crippen molar-refractivity contribution < 1.29 is 42.9 Å². The average molecular weight is 1240 g/mol. The van der Waals surface area contributed by atoms with Crippen molar-refractivity contribution in [3.05, 3.63) is 114 Å². The smallest absolute Gasteiger partial charge is 0.308 e. The minimum absolute atomic E-state index is 0.00921. The van der Waals surface area contributed by atoms with Gasteiger partial charge in [-0.15, -0.1) is 20.4 Å². The molecule has 0 radical (unpaired) electrons. The number of ketones is 2. The molecular formula is C67H113N13O9. The largest absolute Gasteiger partial charge is 0.471 e. The van der Waals surface area contributed by atoms with Crippen LogP contribution in [0.4, 0.5) is 0 Å². The Morgan fingerprint density at radius 1 is 0.461 bits per heavy atom. The van der Waals surface area contributed by atoms with Crippen LogP contribution in [0.1, 0.15) is 185 Å². The van der Waals surface area contributed by atoms with Crippen molar-refractivity contribution in [2.75, 3.05) is 26.4 Å². The number of para-hydroxylation sites is 1. The highest BCUT2D eigenvalue weighted by Gasteiger charge is 2.12. The van der Waals surface area contributed by atoms with E-state index in [4.69, 9.17) is 9.47 Å². The molecule has 0 saturated carbocycles. The summed E-state index contributed by atoms with van der Waals surface area (Å²) in [5, 5.41) is 35.1. The molecule has 1 amide bonds. The van der Waals surface area contributed by atoms with Crippen LogP contribution >= 0.6 is 0 Å². The number of nitrogens with zero attached hydrogens (tertiary/aromatic N) is 12. The lowest BCUT2D eigenvalue weighted by Crippen LogP contribution is -2.26. The van der Waals surface area contributed by atoms with Gasteiger partial charge in [-0.2, -0.15) is 0 Å². The third kappa shape index (κ3) is 42.9. The van der Waals surface area contributed by atoms with Crippen LogP contribution in [-0.2, 0) is 85.6 Å².